The Bertz CT molecular complexity index is 185. The van der Waals surface area contributed by atoms with Gasteiger partial charge in [-0.05, 0) is 12.8 Å². The Morgan fingerprint density at radius 3 is 1.33 bits per heavy atom. The fraction of sp³-hybridized carbons (Fsp3) is 0.933. The number of amides is 1. The largest absolute Gasteiger partial charge is 0.370 e. The number of nitrogens with two attached hydrogens (primary N) is 1. The van der Waals surface area contributed by atoms with Crippen LogP contribution in [0.25, 0.3) is 0 Å². The molecule has 0 saturated heterocycles. The molecule has 0 unspecified atom stereocenters. The number of carbonyl (C=O) groups is 1. The zero-order valence-electron chi connectivity index (χ0n) is 11.8. The van der Waals surface area contributed by atoms with Crippen LogP contribution in [0.15, 0.2) is 0 Å². The summed E-state index contributed by atoms with van der Waals surface area (Å²) in [5.74, 6) is 0.652. The maximum Gasteiger partial charge on any atom is 0.217 e. The molecular weight excluding hydrogens is 246 g/mol. The van der Waals surface area contributed by atoms with Gasteiger partial charge < -0.3 is 5.73 Å². The number of primary amides is 1. The molecule has 0 aromatic carbocycles. The van der Waals surface area contributed by atoms with E-state index >= 15 is 0 Å². The quantitative estimate of drug-likeness (QED) is 0.360. The maximum absolute atomic E-state index is 10.5. The number of alkyl halides is 1. The molecule has 108 valence electrons. The number of hydrogen-bond acceptors (Lipinski definition) is 1. The fourth-order valence-electron chi connectivity index (χ4n) is 2.16. The zero-order chi connectivity index (χ0) is 13.5. The van der Waals surface area contributed by atoms with Gasteiger partial charge in [0.25, 0.3) is 0 Å². The Morgan fingerprint density at radius 2 is 1.00 bits per heavy atom. The first kappa shape index (κ1) is 17.8. The molecule has 0 aliphatic heterocycles. The van der Waals surface area contributed by atoms with Crippen molar-refractivity contribution in [2.24, 2.45) is 5.73 Å². The summed E-state index contributed by atoms with van der Waals surface area (Å²) in [7, 11) is 0. The Labute approximate surface area is 118 Å². The molecule has 3 heteroatoms. The average Bonchev–Trinajstić information content (AvgIpc) is 2.34. The van der Waals surface area contributed by atoms with Crippen molar-refractivity contribution in [3.63, 3.8) is 0 Å². The van der Waals surface area contributed by atoms with Gasteiger partial charge >= 0.3 is 0 Å². The molecule has 0 heterocycles. The molecule has 2 nitrogen and oxygen atoms in total. The van der Waals surface area contributed by atoms with Gasteiger partial charge in [0.05, 0.1) is 0 Å². The summed E-state index contributed by atoms with van der Waals surface area (Å²) in [6.07, 6.45) is 15.9. The van der Waals surface area contributed by atoms with Crippen LogP contribution in [0.1, 0.15) is 83.5 Å². The van der Waals surface area contributed by atoms with Crippen LogP contribution in [0.3, 0.4) is 0 Å². The summed E-state index contributed by atoms with van der Waals surface area (Å²) >= 11 is 5.63. The van der Waals surface area contributed by atoms with Gasteiger partial charge in [0, 0.05) is 12.3 Å². The molecule has 0 aliphatic carbocycles. The lowest BCUT2D eigenvalue weighted by Crippen LogP contribution is -2.09. The predicted molar refractivity (Wildman–Crippen MR) is 79.9 cm³/mol. The summed E-state index contributed by atoms with van der Waals surface area (Å²) in [4.78, 5) is 10.5. The first-order valence-corrected chi connectivity index (χ1v) is 8.15. The van der Waals surface area contributed by atoms with Gasteiger partial charge in [0.2, 0.25) is 5.91 Å². The Kier molecular flexibility index (Phi) is 14.6. The highest BCUT2D eigenvalue weighted by Crippen LogP contribution is 2.12. The molecule has 18 heavy (non-hydrogen) atoms. The van der Waals surface area contributed by atoms with Crippen molar-refractivity contribution in [3.05, 3.63) is 0 Å². The van der Waals surface area contributed by atoms with E-state index in [0.717, 1.165) is 18.7 Å². The van der Waals surface area contributed by atoms with Crippen LogP contribution in [0.2, 0.25) is 0 Å². The minimum absolute atomic E-state index is 0.163. The molecule has 0 atom stereocenters. The molecule has 2 N–H and O–H groups in total. The number of halogens is 1. The third-order valence-corrected chi connectivity index (χ3v) is 3.57. The van der Waals surface area contributed by atoms with E-state index in [1.165, 1.54) is 64.2 Å². The van der Waals surface area contributed by atoms with E-state index in [9.17, 15) is 4.79 Å². The molecule has 0 spiro atoms. The molecule has 0 bridgehead atoms. The second kappa shape index (κ2) is 14.8. The molecule has 0 aliphatic rings. The monoisotopic (exact) mass is 275 g/mol. The molecule has 0 rings (SSSR count). The maximum atomic E-state index is 10.5. The van der Waals surface area contributed by atoms with Crippen molar-refractivity contribution in [2.75, 3.05) is 5.88 Å². The first-order valence-electron chi connectivity index (χ1n) is 7.61. The van der Waals surface area contributed by atoms with Crippen LogP contribution in [-0.2, 0) is 4.79 Å². The normalized spacial score (nSPS) is 10.7. The van der Waals surface area contributed by atoms with Gasteiger partial charge in [0.15, 0.2) is 0 Å². The summed E-state index contributed by atoms with van der Waals surface area (Å²) < 4.78 is 0. The van der Waals surface area contributed by atoms with E-state index in [2.05, 4.69) is 0 Å². The predicted octanol–water partition coefficient (Wildman–Crippen LogP) is 4.78. The summed E-state index contributed by atoms with van der Waals surface area (Å²) in [5.41, 5.74) is 5.09. The second-order valence-electron chi connectivity index (χ2n) is 5.15. The summed E-state index contributed by atoms with van der Waals surface area (Å²) in [6.45, 7) is 0. The lowest BCUT2D eigenvalue weighted by atomic mass is 10.0. The number of rotatable bonds is 14. The number of unbranched alkanes of at least 4 members (excludes halogenated alkanes) is 11. The van der Waals surface area contributed by atoms with Crippen LogP contribution < -0.4 is 5.73 Å². The highest BCUT2D eigenvalue weighted by molar-refractivity contribution is 6.17. The van der Waals surface area contributed by atoms with Crippen molar-refractivity contribution in [1.29, 1.82) is 0 Å². The smallest absolute Gasteiger partial charge is 0.217 e. The van der Waals surface area contributed by atoms with E-state index in [4.69, 9.17) is 17.3 Å². The molecule has 0 radical (unpaired) electrons. The standard InChI is InChI=1S/C15H30ClNO/c16-14-12-10-8-6-4-2-1-3-5-7-9-11-13-15(17)18/h1-14H2,(H2,17,18). The average molecular weight is 276 g/mol. The third kappa shape index (κ3) is 15.8. The zero-order valence-corrected chi connectivity index (χ0v) is 12.5. The summed E-state index contributed by atoms with van der Waals surface area (Å²) in [6, 6.07) is 0. The van der Waals surface area contributed by atoms with Crippen molar-refractivity contribution in [3.8, 4) is 0 Å². The van der Waals surface area contributed by atoms with Crippen LogP contribution in [0.5, 0.6) is 0 Å². The van der Waals surface area contributed by atoms with E-state index < -0.39 is 0 Å². The molecular formula is C15H30ClNO. The van der Waals surface area contributed by atoms with Crippen molar-refractivity contribution in [2.45, 2.75) is 83.5 Å². The Hall–Kier alpha value is -0.240. The molecule has 0 aromatic heterocycles. The van der Waals surface area contributed by atoms with Crippen molar-refractivity contribution >= 4 is 17.5 Å². The minimum atomic E-state index is -0.163. The van der Waals surface area contributed by atoms with E-state index in [-0.39, 0.29) is 5.91 Å². The lowest BCUT2D eigenvalue weighted by Gasteiger charge is -2.02. The molecule has 1 amide bonds. The Morgan fingerprint density at radius 1 is 0.667 bits per heavy atom. The molecule has 0 fully saturated rings. The summed E-state index contributed by atoms with van der Waals surface area (Å²) in [5, 5.41) is 0. The topological polar surface area (TPSA) is 43.1 Å². The van der Waals surface area contributed by atoms with Crippen molar-refractivity contribution < 1.29 is 4.79 Å². The third-order valence-electron chi connectivity index (χ3n) is 3.31. The van der Waals surface area contributed by atoms with Crippen LogP contribution >= 0.6 is 11.6 Å². The van der Waals surface area contributed by atoms with Gasteiger partial charge in [-0.2, -0.15) is 0 Å². The molecule has 0 saturated carbocycles. The first-order chi connectivity index (χ1) is 8.77. The van der Waals surface area contributed by atoms with Gasteiger partial charge in [-0.1, -0.05) is 64.2 Å². The van der Waals surface area contributed by atoms with E-state index in [0.29, 0.717) is 6.42 Å². The van der Waals surface area contributed by atoms with E-state index in [1.54, 1.807) is 0 Å². The van der Waals surface area contributed by atoms with Crippen molar-refractivity contribution in [1.82, 2.24) is 0 Å². The van der Waals surface area contributed by atoms with Crippen LogP contribution in [-0.4, -0.2) is 11.8 Å². The van der Waals surface area contributed by atoms with Gasteiger partial charge in [-0.25, -0.2) is 0 Å². The highest BCUT2D eigenvalue weighted by Gasteiger charge is 1.95. The van der Waals surface area contributed by atoms with Crippen LogP contribution in [0.4, 0.5) is 0 Å². The second-order valence-corrected chi connectivity index (χ2v) is 5.53. The Balaban J connectivity index is 2.92. The number of hydrogen-bond donors (Lipinski definition) is 1. The fourth-order valence-corrected chi connectivity index (χ4v) is 2.35. The lowest BCUT2D eigenvalue weighted by molar-refractivity contribution is -0.118. The highest BCUT2D eigenvalue weighted by atomic mass is 35.5. The van der Waals surface area contributed by atoms with Gasteiger partial charge in [0.1, 0.15) is 0 Å². The molecule has 0 aromatic rings. The number of carbonyl (C=O) groups excluding carboxylic acids is 1. The SMILES string of the molecule is NC(=O)CCCCCCCCCCCCCCCl. The van der Waals surface area contributed by atoms with Gasteiger partial charge in [-0.3, -0.25) is 4.79 Å². The van der Waals surface area contributed by atoms with Gasteiger partial charge in [-0.15, -0.1) is 11.6 Å². The minimum Gasteiger partial charge on any atom is -0.370 e. The van der Waals surface area contributed by atoms with Crippen LogP contribution in [0, 0.1) is 0 Å². The van der Waals surface area contributed by atoms with E-state index in [1.807, 2.05) is 0 Å².